The lowest BCUT2D eigenvalue weighted by Crippen LogP contribution is -2.30. The van der Waals surface area contributed by atoms with Crippen molar-refractivity contribution < 1.29 is 80.2 Å². The molecular weight excluding hydrogens is 1330 g/mol. The molecule has 0 aromatic heterocycles. The predicted molar refractivity (Wildman–Crippen MR) is 418 cm³/mol. The van der Waals surface area contributed by atoms with E-state index in [0.29, 0.717) is 32.1 Å². The number of carbonyl (C=O) groups excluding carboxylic acids is 4. The van der Waals surface area contributed by atoms with Crippen LogP contribution in [-0.4, -0.2) is 96.7 Å². The molecule has 19 heteroatoms. The van der Waals surface area contributed by atoms with Crippen LogP contribution < -0.4 is 0 Å². The zero-order chi connectivity index (χ0) is 74.6. The van der Waals surface area contributed by atoms with E-state index in [4.69, 9.17) is 37.0 Å². The van der Waals surface area contributed by atoms with Crippen molar-refractivity contribution in [3.63, 3.8) is 0 Å². The number of ether oxygens (including phenoxy) is 4. The molecule has 0 aromatic rings. The number of aliphatic hydroxyl groups is 1. The van der Waals surface area contributed by atoms with Crippen LogP contribution in [0.15, 0.2) is 109 Å². The van der Waals surface area contributed by atoms with E-state index in [9.17, 15) is 43.2 Å². The lowest BCUT2D eigenvalue weighted by Gasteiger charge is -2.21. The number of carbonyl (C=O) groups is 4. The van der Waals surface area contributed by atoms with Crippen molar-refractivity contribution >= 4 is 39.5 Å². The monoisotopic (exact) mass is 1470 g/mol. The average Bonchev–Trinajstić information content (AvgIpc) is 0.944. The van der Waals surface area contributed by atoms with Gasteiger partial charge in [-0.1, -0.05) is 317 Å². The zero-order valence-electron chi connectivity index (χ0n) is 64.3. The van der Waals surface area contributed by atoms with E-state index in [2.05, 4.69) is 125 Å². The standard InChI is InChI=1S/C83H144O17P2/c1-5-9-13-17-21-25-29-32-35-37-38-40-43-45-49-52-56-60-64-68-80(85)93-73-78(99-82(87)69-65-61-57-53-47-28-24-20-16-12-8-4)75-97-101(89,90)95-71-77(84)72-96-102(91,92)98-76-79(100-83(88)70-66-62-58-54-50-46-41-34-31-27-23-19-15-11-7-3)74-94-81(86)67-63-59-55-51-48-44-42-39-36-33-30-26-22-18-14-10-6-2/h9-10,13-14,21-22,25-26,32-33,35-36,38,40,42,44,51,55,77-79,84H,5-8,11-12,15-20,23-24,27-31,34,37,39,41,43,45-50,52-54,56-76H2,1-4H3,(H,89,90)(H,91,92)/b13-9-,14-10-,25-21-,26-22-,35-32-,36-33-,40-38-,44-42-,55-51-. The van der Waals surface area contributed by atoms with Crippen LogP contribution in [0.3, 0.4) is 0 Å². The summed E-state index contributed by atoms with van der Waals surface area (Å²) < 4.78 is 68.5. The van der Waals surface area contributed by atoms with Crippen molar-refractivity contribution in [2.75, 3.05) is 39.6 Å². The summed E-state index contributed by atoms with van der Waals surface area (Å²) in [5, 5.41) is 10.6. The van der Waals surface area contributed by atoms with Crippen molar-refractivity contribution in [2.24, 2.45) is 0 Å². The number of esters is 4. The molecule has 0 aliphatic carbocycles. The Kier molecular flexibility index (Phi) is 71.8. The molecule has 0 heterocycles. The van der Waals surface area contributed by atoms with Gasteiger partial charge in [-0.3, -0.25) is 37.3 Å². The van der Waals surface area contributed by atoms with Crippen molar-refractivity contribution in [3.8, 4) is 0 Å². The topological polar surface area (TPSA) is 237 Å². The third-order valence-corrected chi connectivity index (χ3v) is 18.7. The summed E-state index contributed by atoms with van der Waals surface area (Å²) in [4.78, 5) is 73.0. The number of hydrogen-bond donors (Lipinski definition) is 3. The number of phosphoric ester groups is 2. The van der Waals surface area contributed by atoms with Crippen LogP contribution in [0.4, 0.5) is 0 Å². The Balaban J connectivity index is 5.35. The molecule has 3 N–H and O–H groups in total. The third-order valence-electron chi connectivity index (χ3n) is 16.8. The first kappa shape index (κ1) is 97.7. The summed E-state index contributed by atoms with van der Waals surface area (Å²) in [7, 11) is -9.96. The number of allylic oxidation sites excluding steroid dienone is 18. The largest absolute Gasteiger partial charge is 0.472 e. The summed E-state index contributed by atoms with van der Waals surface area (Å²) in [6.07, 6.45) is 80.8. The molecule has 0 amide bonds. The van der Waals surface area contributed by atoms with Crippen LogP contribution in [0.25, 0.3) is 0 Å². The van der Waals surface area contributed by atoms with Crippen LogP contribution in [0.2, 0.25) is 0 Å². The molecule has 0 rings (SSSR count). The van der Waals surface area contributed by atoms with E-state index in [0.717, 1.165) is 148 Å². The highest BCUT2D eigenvalue weighted by atomic mass is 31.2. The van der Waals surface area contributed by atoms with Gasteiger partial charge in [0.05, 0.1) is 26.4 Å². The molecule has 0 aromatic carbocycles. The van der Waals surface area contributed by atoms with Crippen LogP contribution in [0, 0.1) is 0 Å². The quantitative estimate of drug-likeness (QED) is 0.0169. The molecular formula is C83H144O17P2. The first-order valence-corrected chi connectivity index (χ1v) is 43.1. The fraction of sp³-hybridized carbons (Fsp3) is 0.735. The second-order valence-corrected chi connectivity index (χ2v) is 29.5. The van der Waals surface area contributed by atoms with Gasteiger partial charge in [0.15, 0.2) is 12.2 Å². The summed E-state index contributed by atoms with van der Waals surface area (Å²) >= 11 is 0. The van der Waals surface area contributed by atoms with Gasteiger partial charge in [-0.25, -0.2) is 9.13 Å². The number of aliphatic hydroxyl groups excluding tert-OH is 1. The van der Waals surface area contributed by atoms with Gasteiger partial charge in [0.2, 0.25) is 0 Å². The highest BCUT2D eigenvalue weighted by Crippen LogP contribution is 2.45. The fourth-order valence-corrected chi connectivity index (χ4v) is 12.3. The van der Waals surface area contributed by atoms with Gasteiger partial charge in [-0.05, 0) is 103 Å². The molecule has 0 saturated carbocycles. The smallest absolute Gasteiger partial charge is 0.462 e. The Labute approximate surface area is 619 Å². The fourth-order valence-electron chi connectivity index (χ4n) is 10.7. The molecule has 0 aliphatic rings. The van der Waals surface area contributed by atoms with E-state index >= 15 is 0 Å². The van der Waals surface area contributed by atoms with Crippen molar-refractivity contribution in [1.82, 2.24) is 0 Å². The Hall–Kier alpha value is -4.28. The lowest BCUT2D eigenvalue weighted by molar-refractivity contribution is -0.161. The first-order chi connectivity index (χ1) is 49.7. The molecule has 17 nitrogen and oxygen atoms in total. The third kappa shape index (κ3) is 74.0. The van der Waals surface area contributed by atoms with Crippen molar-refractivity contribution in [1.29, 1.82) is 0 Å². The second kappa shape index (κ2) is 75.0. The van der Waals surface area contributed by atoms with E-state index in [1.807, 2.05) is 12.2 Å². The molecule has 102 heavy (non-hydrogen) atoms. The van der Waals surface area contributed by atoms with Gasteiger partial charge in [0.25, 0.3) is 0 Å². The number of hydrogen-bond acceptors (Lipinski definition) is 15. The minimum absolute atomic E-state index is 0.0847. The normalized spacial score (nSPS) is 14.5. The molecule has 0 bridgehead atoms. The van der Waals surface area contributed by atoms with Crippen molar-refractivity contribution in [3.05, 3.63) is 109 Å². The van der Waals surface area contributed by atoms with Gasteiger partial charge >= 0.3 is 39.5 Å². The van der Waals surface area contributed by atoms with E-state index in [1.54, 1.807) is 0 Å². The minimum Gasteiger partial charge on any atom is -0.462 e. The first-order valence-electron chi connectivity index (χ1n) is 40.1. The summed E-state index contributed by atoms with van der Waals surface area (Å²) in [6, 6.07) is 0. The lowest BCUT2D eigenvalue weighted by atomic mass is 10.0. The molecule has 0 aliphatic heterocycles. The highest BCUT2D eigenvalue weighted by Gasteiger charge is 2.30. The van der Waals surface area contributed by atoms with E-state index in [1.165, 1.54) is 103 Å². The molecule has 5 atom stereocenters. The van der Waals surface area contributed by atoms with E-state index < -0.39 is 97.5 Å². The van der Waals surface area contributed by atoms with Crippen LogP contribution >= 0.6 is 15.6 Å². The Morgan fingerprint density at radius 1 is 0.284 bits per heavy atom. The molecule has 588 valence electrons. The van der Waals surface area contributed by atoms with Gasteiger partial charge in [-0.15, -0.1) is 0 Å². The average molecular weight is 1480 g/mol. The zero-order valence-corrected chi connectivity index (χ0v) is 66.0. The highest BCUT2D eigenvalue weighted by molar-refractivity contribution is 7.47. The summed E-state index contributed by atoms with van der Waals surface area (Å²) in [6.45, 7) is 4.60. The van der Waals surface area contributed by atoms with Gasteiger partial charge < -0.3 is 33.8 Å². The SMILES string of the molecule is CC/C=C\C/C=C\C/C=C\C/C=C\C/C=C\CCCC(=O)OCC(COP(=O)(O)OCC(O)COP(=O)(O)OCC(COC(=O)CCCCCCCC/C=C\C/C=C\C/C=C\C/C=C\CC)OC(=O)CCCCCCCCCCCCC)OC(=O)CCCCCCCCCCCCCCCCC. The maximum absolute atomic E-state index is 13.1. The van der Waals surface area contributed by atoms with Crippen LogP contribution in [0.5, 0.6) is 0 Å². The molecule has 0 radical (unpaired) electrons. The maximum Gasteiger partial charge on any atom is 0.472 e. The van der Waals surface area contributed by atoms with Crippen LogP contribution in [0.1, 0.15) is 336 Å². The Morgan fingerprint density at radius 2 is 0.520 bits per heavy atom. The number of rotatable bonds is 75. The second-order valence-electron chi connectivity index (χ2n) is 26.6. The van der Waals surface area contributed by atoms with E-state index in [-0.39, 0.29) is 25.7 Å². The molecule has 0 fully saturated rings. The summed E-state index contributed by atoms with van der Waals surface area (Å²) in [5.41, 5.74) is 0. The summed E-state index contributed by atoms with van der Waals surface area (Å²) in [5.74, 6) is -2.24. The van der Waals surface area contributed by atoms with Gasteiger partial charge in [0, 0.05) is 25.7 Å². The van der Waals surface area contributed by atoms with Crippen LogP contribution in [-0.2, 0) is 65.4 Å². The molecule has 5 unspecified atom stereocenters. The molecule has 0 spiro atoms. The van der Waals surface area contributed by atoms with Gasteiger partial charge in [-0.2, -0.15) is 0 Å². The van der Waals surface area contributed by atoms with Crippen molar-refractivity contribution in [2.45, 2.75) is 354 Å². The number of phosphoric acid groups is 2. The Morgan fingerprint density at radius 3 is 0.824 bits per heavy atom. The molecule has 0 saturated heterocycles. The minimum atomic E-state index is -4.99. The Bertz CT molecular complexity index is 2360. The van der Waals surface area contributed by atoms with Gasteiger partial charge in [0.1, 0.15) is 19.3 Å². The maximum atomic E-state index is 13.1. The number of unbranched alkanes of at least 4 members (excludes halogenated alkanes) is 31. The predicted octanol–water partition coefficient (Wildman–Crippen LogP) is 23.3.